The molecule has 0 aromatic carbocycles. The molecule has 0 aliphatic heterocycles. The Balaban J connectivity index is 3.62. The third-order valence-electron chi connectivity index (χ3n) is 0.730. The molecule has 0 radical (unpaired) electrons. The Hall–Kier alpha value is -0.160. The molecule has 3 N–H and O–H groups in total. The lowest BCUT2D eigenvalue weighted by Crippen LogP contribution is -2.46. The molecule has 0 aromatic heterocycles. The van der Waals surface area contributed by atoms with Crippen LogP contribution in [0.25, 0.3) is 0 Å². The molecule has 0 saturated carbocycles. The summed E-state index contributed by atoms with van der Waals surface area (Å²) in [5.41, 5.74) is 1.13. The highest BCUT2D eigenvalue weighted by molar-refractivity contribution is 4.63. The minimum atomic E-state index is -0.464. The molecule has 0 saturated heterocycles. The van der Waals surface area contributed by atoms with Crippen LogP contribution in [0.4, 0.5) is 0 Å². The molecular weight excluding hydrogens is 108 g/mol. The fourth-order valence-corrected chi connectivity index (χ4v) is 0.150. The maximum atomic E-state index is 8.67. The van der Waals surface area contributed by atoms with Gasteiger partial charge in [-0.25, -0.2) is 0 Å². The lowest BCUT2D eigenvalue weighted by Gasteiger charge is -2.26. The molecule has 0 fully saturated rings. The highest BCUT2D eigenvalue weighted by Gasteiger charge is 2.17. The Labute approximate surface area is 48.6 Å². The van der Waals surface area contributed by atoms with Crippen molar-refractivity contribution in [2.45, 2.75) is 26.3 Å². The predicted octanol–water partition coefficient (Wildman–Crippen LogP) is 0.370. The van der Waals surface area contributed by atoms with Crippen molar-refractivity contribution < 1.29 is 10.4 Å². The predicted molar refractivity (Wildman–Crippen MR) is 28.3 cm³/mol. The van der Waals surface area contributed by atoms with Crippen LogP contribution in [0.5, 0.6) is 0 Å². The van der Waals surface area contributed by atoms with Gasteiger partial charge in [-0.15, -0.1) is 5.59 Å². The van der Waals surface area contributed by atoms with Crippen molar-refractivity contribution >= 4 is 0 Å². The monoisotopic (exact) mass is 120 g/mol. The minimum absolute atomic E-state index is 0.464. The first-order valence-electron chi connectivity index (χ1n) is 2.37. The topological polar surface area (TPSA) is 55.7 Å². The highest BCUT2D eigenvalue weighted by atomic mass is 16.7. The summed E-state index contributed by atoms with van der Waals surface area (Å²) in [5, 5.41) is 17.4. The molecule has 0 spiro atoms. The van der Waals surface area contributed by atoms with Gasteiger partial charge in [-0.1, -0.05) is 5.17 Å². The van der Waals surface area contributed by atoms with Crippen LogP contribution in [0.3, 0.4) is 0 Å². The lowest BCUT2D eigenvalue weighted by atomic mass is 10.1. The van der Waals surface area contributed by atoms with Crippen LogP contribution >= 0.6 is 0 Å². The Kier molecular flexibility index (Phi) is 2.36. The van der Waals surface area contributed by atoms with Crippen LogP contribution in [-0.2, 0) is 0 Å². The van der Waals surface area contributed by atoms with E-state index >= 15 is 0 Å². The standard InChI is InChI=1S/C4H12N2O2/c1-4(2,3)6(8)5-7/h5,7-8H,1-3H3. The molecule has 0 atom stereocenters. The van der Waals surface area contributed by atoms with Crippen molar-refractivity contribution in [1.29, 1.82) is 0 Å². The second kappa shape index (κ2) is 2.41. The van der Waals surface area contributed by atoms with Gasteiger partial charge in [0.15, 0.2) is 0 Å². The number of nitrogens with one attached hydrogen (secondary N) is 1. The average Bonchev–Trinajstić information content (AvgIpc) is 1.62. The van der Waals surface area contributed by atoms with Gasteiger partial charge in [-0.2, -0.15) is 0 Å². The number of rotatable bonds is 1. The molecule has 0 heterocycles. The SMILES string of the molecule is CC(C)(C)N(O)NO. The van der Waals surface area contributed by atoms with Gasteiger partial charge in [0.2, 0.25) is 0 Å². The molecule has 0 rings (SSSR count). The molecule has 0 amide bonds. The second-order valence-corrected chi connectivity index (χ2v) is 2.58. The van der Waals surface area contributed by atoms with E-state index in [9.17, 15) is 0 Å². The van der Waals surface area contributed by atoms with Crippen molar-refractivity contribution in [2.75, 3.05) is 0 Å². The van der Waals surface area contributed by atoms with E-state index in [1.54, 1.807) is 26.4 Å². The van der Waals surface area contributed by atoms with Crippen molar-refractivity contribution in [1.82, 2.24) is 10.8 Å². The largest absolute Gasteiger partial charge is 0.300 e. The van der Waals surface area contributed by atoms with Crippen LogP contribution in [-0.4, -0.2) is 21.1 Å². The molecule has 0 bridgehead atoms. The summed E-state index contributed by atoms with van der Waals surface area (Å²) in [7, 11) is 0. The van der Waals surface area contributed by atoms with Crippen LogP contribution in [0.15, 0.2) is 0 Å². The van der Waals surface area contributed by atoms with E-state index < -0.39 is 5.54 Å². The van der Waals surface area contributed by atoms with Crippen molar-refractivity contribution in [3.05, 3.63) is 0 Å². The third kappa shape index (κ3) is 2.23. The molecule has 0 aliphatic carbocycles. The Morgan fingerprint density at radius 2 is 1.75 bits per heavy atom. The van der Waals surface area contributed by atoms with E-state index in [4.69, 9.17) is 10.4 Å². The fourth-order valence-electron chi connectivity index (χ4n) is 0.150. The first-order valence-corrected chi connectivity index (χ1v) is 2.37. The van der Waals surface area contributed by atoms with E-state index in [-0.39, 0.29) is 0 Å². The third-order valence-corrected chi connectivity index (χ3v) is 0.730. The van der Waals surface area contributed by atoms with Gasteiger partial charge in [0, 0.05) is 0 Å². The summed E-state index contributed by atoms with van der Waals surface area (Å²) in [6, 6.07) is 0. The number of hydrogen-bond donors (Lipinski definition) is 3. The summed E-state index contributed by atoms with van der Waals surface area (Å²) in [6.45, 7) is 5.24. The zero-order chi connectivity index (χ0) is 6.78. The molecule has 4 nitrogen and oxygen atoms in total. The molecule has 8 heavy (non-hydrogen) atoms. The first kappa shape index (κ1) is 7.84. The minimum Gasteiger partial charge on any atom is -0.300 e. The number of hydroxylamine groups is 1. The highest BCUT2D eigenvalue weighted by Crippen LogP contribution is 2.05. The van der Waals surface area contributed by atoms with Gasteiger partial charge in [-0.05, 0) is 20.8 Å². The Morgan fingerprint density at radius 1 is 1.38 bits per heavy atom. The molecule has 0 aromatic rings. The quantitative estimate of drug-likeness (QED) is 0.437. The van der Waals surface area contributed by atoms with Gasteiger partial charge in [0.05, 0.1) is 5.54 Å². The zero-order valence-corrected chi connectivity index (χ0v) is 5.34. The number of nitrogens with zero attached hydrogens (tertiary/aromatic N) is 1. The summed E-state index contributed by atoms with van der Waals surface area (Å²) < 4.78 is 0. The summed E-state index contributed by atoms with van der Waals surface area (Å²) in [5.74, 6) is 0. The van der Waals surface area contributed by atoms with Crippen molar-refractivity contribution in [3.8, 4) is 0 Å². The van der Waals surface area contributed by atoms with Crippen LogP contribution in [0.2, 0.25) is 0 Å². The van der Waals surface area contributed by atoms with Crippen LogP contribution in [0.1, 0.15) is 20.8 Å². The molecule has 0 aliphatic rings. The first-order chi connectivity index (χ1) is 3.48. The molecule has 50 valence electrons. The smallest absolute Gasteiger partial charge is 0.0558 e. The van der Waals surface area contributed by atoms with Gasteiger partial charge in [0.25, 0.3) is 0 Å². The summed E-state index contributed by atoms with van der Waals surface area (Å²) >= 11 is 0. The maximum absolute atomic E-state index is 8.67. The average molecular weight is 120 g/mol. The summed E-state index contributed by atoms with van der Waals surface area (Å²) in [6.07, 6.45) is 0. The molecular formula is C4H12N2O2. The van der Waals surface area contributed by atoms with Crippen LogP contribution < -0.4 is 5.59 Å². The maximum Gasteiger partial charge on any atom is 0.0558 e. The van der Waals surface area contributed by atoms with Gasteiger partial charge >= 0.3 is 0 Å². The Bertz CT molecular complexity index is 68.9. The van der Waals surface area contributed by atoms with Crippen molar-refractivity contribution in [3.63, 3.8) is 0 Å². The van der Waals surface area contributed by atoms with Gasteiger partial charge in [-0.3, -0.25) is 10.4 Å². The van der Waals surface area contributed by atoms with Crippen molar-refractivity contribution in [2.24, 2.45) is 0 Å². The number of hydrogen-bond acceptors (Lipinski definition) is 4. The van der Waals surface area contributed by atoms with E-state index in [1.165, 1.54) is 0 Å². The Morgan fingerprint density at radius 3 is 1.75 bits per heavy atom. The fraction of sp³-hybridized carbons (Fsp3) is 1.00. The van der Waals surface area contributed by atoms with E-state index in [0.717, 1.165) is 0 Å². The number of hydrazine groups is 1. The van der Waals surface area contributed by atoms with E-state index in [0.29, 0.717) is 5.17 Å². The second-order valence-electron chi connectivity index (χ2n) is 2.58. The molecule has 4 heteroatoms. The van der Waals surface area contributed by atoms with Crippen LogP contribution in [0, 0.1) is 0 Å². The van der Waals surface area contributed by atoms with Gasteiger partial charge in [0.1, 0.15) is 0 Å². The zero-order valence-electron chi connectivity index (χ0n) is 5.34. The van der Waals surface area contributed by atoms with Gasteiger partial charge < -0.3 is 0 Å². The summed E-state index contributed by atoms with van der Waals surface area (Å²) in [4.78, 5) is 0. The normalized spacial score (nSPS) is 12.8. The lowest BCUT2D eigenvalue weighted by molar-refractivity contribution is -0.263. The molecule has 0 unspecified atom stereocenters. The van der Waals surface area contributed by atoms with E-state index in [1.807, 2.05) is 0 Å². The van der Waals surface area contributed by atoms with E-state index in [2.05, 4.69) is 0 Å².